The number of unbranched alkanes of at least 4 members (excludes halogenated alkanes) is 2. The van der Waals surface area contributed by atoms with Crippen molar-refractivity contribution in [1.82, 2.24) is 0 Å². The van der Waals surface area contributed by atoms with Crippen molar-refractivity contribution in [2.75, 3.05) is 6.61 Å². The monoisotopic (exact) mass is 300 g/mol. The van der Waals surface area contributed by atoms with E-state index in [1.165, 1.54) is 0 Å². The van der Waals surface area contributed by atoms with Gasteiger partial charge in [-0.1, -0.05) is 46.5 Å². The van der Waals surface area contributed by atoms with Crippen molar-refractivity contribution in [3.8, 4) is 0 Å². The molecule has 0 amide bonds. The van der Waals surface area contributed by atoms with Gasteiger partial charge in [-0.15, -0.1) is 0 Å². The third-order valence-electron chi connectivity index (χ3n) is 3.29. The number of rotatable bonds is 13. The molecule has 0 rings (SSSR count). The second kappa shape index (κ2) is 13.9. The maximum absolute atomic E-state index is 11.7. The fourth-order valence-electron chi connectivity index (χ4n) is 2.14. The first-order valence-electron chi connectivity index (χ1n) is 8.49. The Kier molecular flexibility index (Phi) is 13.2. The fourth-order valence-corrected chi connectivity index (χ4v) is 2.14. The van der Waals surface area contributed by atoms with Crippen LogP contribution in [0.5, 0.6) is 0 Å². The first-order chi connectivity index (χ1) is 10.1. The molecular weight excluding hydrogens is 268 g/mol. The van der Waals surface area contributed by atoms with Gasteiger partial charge in [0.1, 0.15) is 6.10 Å². The zero-order valence-electron chi connectivity index (χ0n) is 14.0. The first-order valence-corrected chi connectivity index (χ1v) is 8.49. The van der Waals surface area contributed by atoms with Crippen LogP contribution in [0.4, 0.5) is 0 Å². The van der Waals surface area contributed by atoms with Crippen LogP contribution in [0.3, 0.4) is 0 Å². The van der Waals surface area contributed by atoms with Gasteiger partial charge in [0.2, 0.25) is 0 Å². The summed E-state index contributed by atoms with van der Waals surface area (Å²) >= 11 is 0. The van der Waals surface area contributed by atoms with Gasteiger partial charge < -0.3 is 9.47 Å². The molecular formula is C17H32O4. The van der Waals surface area contributed by atoms with Crippen LogP contribution in [-0.2, 0) is 19.1 Å². The molecule has 0 N–H and O–H groups in total. The Morgan fingerprint density at radius 2 is 1.43 bits per heavy atom. The van der Waals surface area contributed by atoms with E-state index in [4.69, 9.17) is 9.47 Å². The summed E-state index contributed by atoms with van der Waals surface area (Å²) in [6.07, 6.45) is 8.11. The van der Waals surface area contributed by atoms with E-state index in [0.717, 1.165) is 44.9 Å². The largest absolute Gasteiger partial charge is 0.466 e. The predicted molar refractivity (Wildman–Crippen MR) is 84.0 cm³/mol. The quantitative estimate of drug-likeness (QED) is 0.373. The third-order valence-corrected chi connectivity index (χ3v) is 3.29. The molecule has 4 nitrogen and oxygen atoms in total. The molecule has 21 heavy (non-hydrogen) atoms. The molecule has 0 aliphatic carbocycles. The van der Waals surface area contributed by atoms with Crippen LogP contribution in [0.1, 0.15) is 85.0 Å². The van der Waals surface area contributed by atoms with Crippen LogP contribution in [0.2, 0.25) is 0 Å². The molecule has 0 atom stereocenters. The summed E-state index contributed by atoms with van der Waals surface area (Å²) in [5, 5.41) is 0. The standard InChI is InChI=1S/C17H32O4/c1-4-7-8-14-20-16(18)12-9-13-17(19)21-15(10-5-2)11-6-3/h15H,4-14H2,1-3H3. The molecule has 4 heteroatoms. The summed E-state index contributed by atoms with van der Waals surface area (Å²) in [5.41, 5.74) is 0. The van der Waals surface area contributed by atoms with Crippen molar-refractivity contribution in [3.05, 3.63) is 0 Å². The molecule has 0 spiro atoms. The minimum Gasteiger partial charge on any atom is -0.466 e. The van der Waals surface area contributed by atoms with Gasteiger partial charge in [-0.25, -0.2) is 0 Å². The molecule has 0 aromatic rings. The summed E-state index contributed by atoms with van der Waals surface area (Å²) in [6.45, 7) is 6.78. The normalized spacial score (nSPS) is 10.7. The van der Waals surface area contributed by atoms with Crippen molar-refractivity contribution < 1.29 is 19.1 Å². The minimum atomic E-state index is -0.211. The average molecular weight is 300 g/mol. The highest BCUT2D eigenvalue weighted by molar-refractivity contribution is 5.72. The number of ether oxygens (including phenoxy) is 2. The molecule has 0 aromatic carbocycles. The van der Waals surface area contributed by atoms with Gasteiger partial charge in [0.25, 0.3) is 0 Å². The Bertz CT molecular complexity index is 270. The number of carbonyl (C=O) groups is 2. The number of hydrogen-bond donors (Lipinski definition) is 0. The third kappa shape index (κ3) is 12.4. The van der Waals surface area contributed by atoms with Gasteiger partial charge in [0, 0.05) is 12.8 Å². The molecule has 0 fully saturated rings. The molecule has 0 saturated carbocycles. The second-order valence-corrected chi connectivity index (χ2v) is 5.47. The van der Waals surface area contributed by atoms with Crippen LogP contribution in [0, 0.1) is 0 Å². The SMILES string of the molecule is CCCCCOC(=O)CCCC(=O)OC(CCC)CCC. The van der Waals surface area contributed by atoms with Crippen LogP contribution in [0.25, 0.3) is 0 Å². The van der Waals surface area contributed by atoms with Crippen molar-refractivity contribution in [2.24, 2.45) is 0 Å². The molecule has 0 radical (unpaired) electrons. The summed E-state index contributed by atoms with van der Waals surface area (Å²) in [5.74, 6) is -0.404. The molecule has 0 aliphatic heterocycles. The Hall–Kier alpha value is -1.06. The van der Waals surface area contributed by atoms with Crippen LogP contribution in [-0.4, -0.2) is 24.6 Å². The molecule has 0 aliphatic rings. The summed E-state index contributed by atoms with van der Waals surface area (Å²) in [4.78, 5) is 23.2. The van der Waals surface area contributed by atoms with E-state index in [0.29, 0.717) is 25.9 Å². The van der Waals surface area contributed by atoms with E-state index < -0.39 is 0 Å². The summed E-state index contributed by atoms with van der Waals surface area (Å²) in [6, 6.07) is 0. The van der Waals surface area contributed by atoms with E-state index in [1.54, 1.807) is 0 Å². The first kappa shape index (κ1) is 19.9. The second-order valence-electron chi connectivity index (χ2n) is 5.47. The van der Waals surface area contributed by atoms with Gasteiger partial charge in [0.05, 0.1) is 6.61 Å². The number of carbonyl (C=O) groups excluding carboxylic acids is 2. The van der Waals surface area contributed by atoms with Gasteiger partial charge in [0.15, 0.2) is 0 Å². The smallest absolute Gasteiger partial charge is 0.306 e. The Morgan fingerprint density at radius 3 is 2.00 bits per heavy atom. The maximum atomic E-state index is 11.7. The van der Waals surface area contributed by atoms with Crippen molar-refractivity contribution in [1.29, 1.82) is 0 Å². The van der Waals surface area contributed by atoms with Gasteiger partial charge in [-0.2, -0.15) is 0 Å². The zero-order valence-corrected chi connectivity index (χ0v) is 14.0. The fraction of sp³-hybridized carbons (Fsp3) is 0.882. The molecule has 0 bridgehead atoms. The Morgan fingerprint density at radius 1 is 0.810 bits per heavy atom. The highest BCUT2D eigenvalue weighted by atomic mass is 16.5. The van der Waals surface area contributed by atoms with Gasteiger partial charge in [-0.05, 0) is 25.7 Å². The molecule has 0 saturated heterocycles. The predicted octanol–water partition coefficient (Wildman–Crippen LogP) is 4.40. The zero-order chi connectivity index (χ0) is 15.9. The highest BCUT2D eigenvalue weighted by Gasteiger charge is 2.13. The summed E-state index contributed by atoms with van der Waals surface area (Å²) < 4.78 is 10.5. The van der Waals surface area contributed by atoms with E-state index in [9.17, 15) is 9.59 Å². The topological polar surface area (TPSA) is 52.6 Å². The lowest BCUT2D eigenvalue weighted by atomic mass is 10.1. The lowest BCUT2D eigenvalue weighted by Gasteiger charge is -2.16. The highest BCUT2D eigenvalue weighted by Crippen LogP contribution is 2.11. The lowest BCUT2D eigenvalue weighted by molar-refractivity contribution is -0.150. The van der Waals surface area contributed by atoms with Crippen molar-refractivity contribution >= 4 is 11.9 Å². The van der Waals surface area contributed by atoms with Crippen LogP contribution in [0.15, 0.2) is 0 Å². The Labute approximate surface area is 129 Å². The van der Waals surface area contributed by atoms with Crippen molar-refractivity contribution in [3.63, 3.8) is 0 Å². The number of hydrogen-bond acceptors (Lipinski definition) is 4. The van der Waals surface area contributed by atoms with Crippen LogP contribution >= 0.6 is 0 Å². The van der Waals surface area contributed by atoms with E-state index in [1.807, 2.05) is 0 Å². The molecule has 0 unspecified atom stereocenters. The minimum absolute atomic E-state index is 0.0356. The van der Waals surface area contributed by atoms with E-state index in [-0.39, 0.29) is 18.0 Å². The Balaban J connectivity index is 3.69. The van der Waals surface area contributed by atoms with Crippen molar-refractivity contribution in [2.45, 2.75) is 91.1 Å². The molecule has 124 valence electrons. The van der Waals surface area contributed by atoms with Gasteiger partial charge in [-0.3, -0.25) is 9.59 Å². The molecule has 0 aromatic heterocycles. The van der Waals surface area contributed by atoms with Crippen LogP contribution < -0.4 is 0 Å². The lowest BCUT2D eigenvalue weighted by Crippen LogP contribution is -2.18. The van der Waals surface area contributed by atoms with E-state index in [2.05, 4.69) is 20.8 Å². The molecule has 0 heterocycles. The summed E-state index contributed by atoms with van der Waals surface area (Å²) in [7, 11) is 0. The average Bonchev–Trinajstić information content (AvgIpc) is 2.44. The van der Waals surface area contributed by atoms with E-state index >= 15 is 0 Å². The maximum Gasteiger partial charge on any atom is 0.306 e. The number of esters is 2. The van der Waals surface area contributed by atoms with Gasteiger partial charge >= 0.3 is 11.9 Å².